The summed E-state index contributed by atoms with van der Waals surface area (Å²) in [6.07, 6.45) is 1.72. The van der Waals surface area contributed by atoms with Gasteiger partial charge in [-0.15, -0.1) is 0 Å². The number of rotatable bonds is 7. The normalized spacial score (nSPS) is 12.2. The van der Waals surface area contributed by atoms with Crippen molar-refractivity contribution in [1.82, 2.24) is 9.78 Å². The first-order valence-corrected chi connectivity index (χ1v) is 9.83. The van der Waals surface area contributed by atoms with E-state index in [9.17, 15) is 5.11 Å². The second kappa shape index (κ2) is 8.28. The van der Waals surface area contributed by atoms with Crippen molar-refractivity contribution in [2.45, 2.75) is 19.4 Å². The van der Waals surface area contributed by atoms with Gasteiger partial charge in [-0.25, -0.2) is 0 Å². The largest absolute Gasteiger partial charge is 0.497 e. The van der Waals surface area contributed by atoms with Gasteiger partial charge in [-0.2, -0.15) is 5.10 Å². The summed E-state index contributed by atoms with van der Waals surface area (Å²) in [5.74, 6) is 2.52. The molecule has 30 heavy (non-hydrogen) atoms. The minimum Gasteiger partial charge on any atom is -0.497 e. The summed E-state index contributed by atoms with van der Waals surface area (Å²) in [7, 11) is 6.46. The molecule has 3 aromatic rings. The average molecular weight is 410 g/mol. The Morgan fingerprint density at radius 1 is 0.933 bits per heavy atom. The van der Waals surface area contributed by atoms with Crippen LogP contribution in [0.15, 0.2) is 30.3 Å². The third-order valence-corrected chi connectivity index (χ3v) is 5.49. The van der Waals surface area contributed by atoms with Crippen LogP contribution in [-0.2, 0) is 19.4 Å². The minimum absolute atomic E-state index is 0.00649. The predicted molar refractivity (Wildman–Crippen MR) is 114 cm³/mol. The highest BCUT2D eigenvalue weighted by molar-refractivity contribution is 5.87. The fourth-order valence-corrected chi connectivity index (χ4v) is 4.14. The number of aliphatic hydroxyl groups excluding tert-OH is 1. The number of ether oxygens (including phenoxy) is 4. The number of methoxy groups -OCH3 is 4. The highest BCUT2D eigenvalue weighted by Crippen LogP contribution is 2.46. The summed E-state index contributed by atoms with van der Waals surface area (Å²) in [4.78, 5) is 0. The van der Waals surface area contributed by atoms with Crippen LogP contribution in [0.3, 0.4) is 0 Å². The zero-order valence-electron chi connectivity index (χ0n) is 17.7. The summed E-state index contributed by atoms with van der Waals surface area (Å²) < 4.78 is 23.9. The van der Waals surface area contributed by atoms with Gasteiger partial charge in [0.05, 0.1) is 53.0 Å². The maximum Gasteiger partial charge on any atom is 0.203 e. The number of fused-ring (bicyclic) bond motifs is 3. The number of aromatic nitrogens is 2. The van der Waals surface area contributed by atoms with Crippen molar-refractivity contribution in [3.05, 3.63) is 41.6 Å². The lowest BCUT2D eigenvalue weighted by atomic mass is 9.86. The molecule has 7 nitrogen and oxygen atoms in total. The van der Waals surface area contributed by atoms with Crippen LogP contribution in [0.4, 0.5) is 0 Å². The molecule has 1 aliphatic rings. The molecule has 0 bridgehead atoms. The van der Waals surface area contributed by atoms with E-state index in [4.69, 9.17) is 24.0 Å². The van der Waals surface area contributed by atoms with Crippen molar-refractivity contribution in [1.29, 1.82) is 0 Å². The molecule has 1 heterocycles. The van der Waals surface area contributed by atoms with E-state index in [1.54, 1.807) is 28.4 Å². The predicted octanol–water partition coefficient (Wildman–Crippen LogP) is 3.34. The van der Waals surface area contributed by atoms with Crippen molar-refractivity contribution in [2.75, 3.05) is 35.0 Å². The molecule has 0 aliphatic heterocycles. The summed E-state index contributed by atoms with van der Waals surface area (Å²) in [6.45, 7) is 0.387. The maximum absolute atomic E-state index is 9.65. The zero-order chi connectivity index (χ0) is 21.3. The Morgan fingerprint density at radius 3 is 2.27 bits per heavy atom. The van der Waals surface area contributed by atoms with E-state index in [1.165, 1.54) is 5.56 Å². The fourth-order valence-electron chi connectivity index (χ4n) is 4.14. The zero-order valence-corrected chi connectivity index (χ0v) is 17.7. The minimum atomic E-state index is -0.00649. The first-order chi connectivity index (χ1) is 14.6. The van der Waals surface area contributed by atoms with Gasteiger partial charge in [0.25, 0.3) is 0 Å². The number of nitrogens with zero attached hydrogens (tertiary/aromatic N) is 2. The molecule has 4 rings (SSSR count). The topological polar surface area (TPSA) is 75.0 Å². The molecule has 0 saturated heterocycles. The highest BCUT2D eigenvalue weighted by atomic mass is 16.5. The van der Waals surface area contributed by atoms with Gasteiger partial charge in [0, 0.05) is 11.1 Å². The van der Waals surface area contributed by atoms with Gasteiger partial charge in [0.1, 0.15) is 5.75 Å². The number of aliphatic hydroxyl groups is 1. The number of hydrogen-bond acceptors (Lipinski definition) is 6. The first kappa shape index (κ1) is 20.1. The Bertz CT molecular complexity index is 1050. The molecule has 0 unspecified atom stereocenters. The monoisotopic (exact) mass is 410 g/mol. The molecule has 1 aliphatic carbocycles. The van der Waals surface area contributed by atoms with Gasteiger partial charge in [-0.05, 0) is 48.2 Å². The van der Waals surface area contributed by atoms with Crippen LogP contribution in [0.1, 0.15) is 11.3 Å². The average Bonchev–Trinajstić information content (AvgIpc) is 3.16. The van der Waals surface area contributed by atoms with Crippen molar-refractivity contribution >= 4 is 0 Å². The Kier molecular flexibility index (Phi) is 5.55. The van der Waals surface area contributed by atoms with Crippen LogP contribution in [0.25, 0.3) is 22.4 Å². The molecule has 1 N–H and O–H groups in total. The van der Waals surface area contributed by atoms with Crippen molar-refractivity contribution in [3.8, 4) is 45.4 Å². The molecule has 0 spiro atoms. The first-order valence-electron chi connectivity index (χ1n) is 9.83. The lowest BCUT2D eigenvalue weighted by Gasteiger charge is -2.19. The van der Waals surface area contributed by atoms with Crippen LogP contribution in [-0.4, -0.2) is 49.9 Å². The fraction of sp³-hybridized carbons (Fsp3) is 0.348. The van der Waals surface area contributed by atoms with Gasteiger partial charge in [-0.3, -0.25) is 4.68 Å². The van der Waals surface area contributed by atoms with E-state index >= 15 is 0 Å². The summed E-state index contributed by atoms with van der Waals surface area (Å²) in [5, 5.41) is 14.5. The van der Waals surface area contributed by atoms with Crippen LogP contribution in [0, 0.1) is 0 Å². The van der Waals surface area contributed by atoms with Crippen LogP contribution < -0.4 is 18.9 Å². The Hall–Kier alpha value is -3.19. The smallest absolute Gasteiger partial charge is 0.203 e. The Morgan fingerprint density at radius 2 is 1.67 bits per heavy atom. The summed E-state index contributed by atoms with van der Waals surface area (Å²) >= 11 is 0. The third-order valence-electron chi connectivity index (χ3n) is 5.49. The SMILES string of the molecule is COc1ccc2c(c1)CCc1nn(CCO)c(-c3cc(OC)c(OC)c(OC)c3)c1-2. The van der Waals surface area contributed by atoms with Gasteiger partial charge in [-0.1, -0.05) is 6.07 Å². The molecule has 0 fully saturated rings. The quantitative estimate of drug-likeness (QED) is 0.644. The second-order valence-electron chi connectivity index (χ2n) is 7.05. The van der Waals surface area contributed by atoms with Crippen molar-refractivity contribution < 1.29 is 24.1 Å². The second-order valence-corrected chi connectivity index (χ2v) is 7.05. The van der Waals surface area contributed by atoms with Gasteiger partial charge >= 0.3 is 0 Å². The van der Waals surface area contributed by atoms with Crippen LogP contribution >= 0.6 is 0 Å². The van der Waals surface area contributed by atoms with Crippen LogP contribution in [0.2, 0.25) is 0 Å². The molecule has 0 radical (unpaired) electrons. The van der Waals surface area contributed by atoms with Crippen molar-refractivity contribution in [2.24, 2.45) is 0 Å². The molecular weight excluding hydrogens is 384 g/mol. The van der Waals surface area contributed by atoms with Crippen LogP contribution in [0.5, 0.6) is 23.0 Å². The Labute approximate surface area is 175 Å². The molecule has 2 aromatic carbocycles. The maximum atomic E-state index is 9.65. The molecule has 7 heteroatoms. The number of aryl methyl sites for hydroxylation is 2. The molecule has 158 valence electrons. The standard InChI is InChI=1S/C23H26N2O5/c1-27-16-6-7-17-14(11-16)5-8-18-21(17)22(25(24-18)9-10-26)15-12-19(28-2)23(30-4)20(13-15)29-3/h6-7,11-13,26H,5,8-10H2,1-4H3. The van der Waals surface area contributed by atoms with E-state index in [-0.39, 0.29) is 6.61 Å². The number of hydrogen-bond donors (Lipinski definition) is 1. The highest BCUT2D eigenvalue weighted by Gasteiger charge is 2.27. The van der Waals surface area contributed by atoms with Gasteiger partial charge in [0.15, 0.2) is 11.5 Å². The summed E-state index contributed by atoms with van der Waals surface area (Å²) in [6, 6.07) is 9.98. The third kappa shape index (κ3) is 3.25. The molecule has 1 aromatic heterocycles. The lowest BCUT2D eigenvalue weighted by molar-refractivity contribution is 0.270. The van der Waals surface area contributed by atoms with Gasteiger partial charge < -0.3 is 24.1 Å². The number of benzene rings is 2. The van der Waals surface area contributed by atoms with Crippen molar-refractivity contribution in [3.63, 3.8) is 0 Å². The van der Waals surface area contributed by atoms with E-state index in [1.807, 2.05) is 22.9 Å². The van der Waals surface area contributed by atoms with E-state index in [2.05, 4.69) is 12.1 Å². The van der Waals surface area contributed by atoms with E-state index in [0.717, 1.165) is 46.7 Å². The molecular formula is C23H26N2O5. The lowest BCUT2D eigenvalue weighted by Crippen LogP contribution is -2.06. The van der Waals surface area contributed by atoms with Gasteiger partial charge in [0.2, 0.25) is 5.75 Å². The Balaban J connectivity index is 1.98. The molecule has 0 amide bonds. The molecule has 0 saturated carbocycles. The molecule has 0 atom stereocenters. The van der Waals surface area contributed by atoms with E-state index in [0.29, 0.717) is 23.8 Å². The van der Waals surface area contributed by atoms with E-state index < -0.39 is 0 Å². The summed E-state index contributed by atoms with van der Waals surface area (Å²) in [5.41, 5.74) is 6.25.